The third-order valence-electron chi connectivity index (χ3n) is 1.88. The average Bonchev–Trinajstić information content (AvgIpc) is 2.10. The van der Waals surface area contributed by atoms with E-state index in [9.17, 15) is 9.18 Å². The number of halogens is 3. The molecule has 17 heavy (non-hydrogen) atoms. The van der Waals surface area contributed by atoms with Crippen molar-refractivity contribution >= 4 is 34.8 Å². The Morgan fingerprint density at radius 3 is 2.29 bits per heavy atom. The van der Waals surface area contributed by atoms with Gasteiger partial charge in [0.1, 0.15) is 0 Å². The van der Waals surface area contributed by atoms with Crippen LogP contribution in [-0.4, -0.2) is 11.4 Å². The summed E-state index contributed by atoms with van der Waals surface area (Å²) >= 11 is 11.2. The summed E-state index contributed by atoms with van der Waals surface area (Å²) in [6, 6.07) is 2.59. The molecule has 1 rings (SSSR count). The van der Waals surface area contributed by atoms with Crippen LogP contribution >= 0.6 is 23.2 Å². The van der Waals surface area contributed by atoms with Gasteiger partial charge in [0.2, 0.25) is 5.91 Å². The zero-order chi connectivity index (χ0) is 13.2. The summed E-state index contributed by atoms with van der Waals surface area (Å²) in [7, 11) is 0. The van der Waals surface area contributed by atoms with E-state index in [2.05, 4.69) is 5.32 Å². The van der Waals surface area contributed by atoms with E-state index in [1.54, 1.807) is 13.8 Å². The van der Waals surface area contributed by atoms with Crippen LogP contribution < -0.4 is 11.1 Å². The molecule has 0 radical (unpaired) electrons. The normalized spacial score (nSPS) is 11.4. The fourth-order valence-corrected chi connectivity index (χ4v) is 1.73. The molecule has 0 aliphatic carbocycles. The molecule has 0 bridgehead atoms. The highest BCUT2D eigenvalue weighted by Gasteiger charge is 2.17. The molecule has 0 fully saturated rings. The lowest BCUT2D eigenvalue weighted by atomic mass is 10.0. The van der Waals surface area contributed by atoms with Crippen LogP contribution in [0.25, 0.3) is 0 Å². The number of nitrogens with two attached hydrogens (primary N) is 1. The van der Waals surface area contributed by atoms with Gasteiger partial charge in [-0.3, -0.25) is 4.79 Å². The molecule has 0 spiro atoms. The molecule has 0 aliphatic heterocycles. The molecule has 0 unspecified atom stereocenters. The van der Waals surface area contributed by atoms with Crippen LogP contribution in [0.2, 0.25) is 10.0 Å². The van der Waals surface area contributed by atoms with Gasteiger partial charge >= 0.3 is 0 Å². The van der Waals surface area contributed by atoms with E-state index in [-0.39, 0.29) is 22.4 Å². The molecule has 3 nitrogen and oxygen atoms in total. The molecule has 94 valence electrons. The van der Waals surface area contributed by atoms with Crippen molar-refractivity contribution < 1.29 is 9.18 Å². The Morgan fingerprint density at radius 1 is 1.41 bits per heavy atom. The number of amides is 1. The number of rotatable bonds is 3. The Bertz CT molecular complexity index is 421. The molecule has 1 aromatic carbocycles. The predicted octanol–water partition coefficient (Wildman–Crippen LogP) is 3.20. The quantitative estimate of drug-likeness (QED) is 0.835. The van der Waals surface area contributed by atoms with Gasteiger partial charge in [-0.2, -0.15) is 0 Å². The third kappa shape index (κ3) is 4.50. The smallest absolute Gasteiger partial charge is 0.226 e. The minimum Gasteiger partial charge on any atom is -0.326 e. The Kier molecular flexibility index (Phi) is 4.36. The van der Waals surface area contributed by atoms with Gasteiger partial charge < -0.3 is 11.1 Å². The van der Waals surface area contributed by atoms with Crippen molar-refractivity contribution in [1.82, 2.24) is 0 Å². The molecule has 1 amide bonds. The Hall–Kier alpha value is -0.840. The van der Waals surface area contributed by atoms with Crippen LogP contribution in [0, 0.1) is 5.82 Å². The minimum atomic E-state index is -0.703. The second kappa shape index (κ2) is 5.21. The highest BCUT2D eigenvalue weighted by atomic mass is 35.5. The topological polar surface area (TPSA) is 55.1 Å². The largest absolute Gasteiger partial charge is 0.326 e. The van der Waals surface area contributed by atoms with E-state index < -0.39 is 11.4 Å². The lowest BCUT2D eigenvalue weighted by Gasteiger charge is -2.17. The fraction of sp³-hybridized carbons (Fsp3) is 0.364. The summed E-state index contributed by atoms with van der Waals surface area (Å²) in [5.74, 6) is -0.985. The maximum absolute atomic E-state index is 13.1. The van der Waals surface area contributed by atoms with E-state index in [4.69, 9.17) is 28.9 Å². The summed E-state index contributed by atoms with van der Waals surface area (Å²) in [6.45, 7) is 3.47. The van der Waals surface area contributed by atoms with Gasteiger partial charge in [0, 0.05) is 17.6 Å². The number of nitrogens with one attached hydrogen (secondary N) is 1. The second-order valence-corrected chi connectivity index (χ2v) is 5.28. The summed E-state index contributed by atoms with van der Waals surface area (Å²) in [4.78, 5) is 11.6. The molecule has 1 aromatic rings. The van der Waals surface area contributed by atoms with Crippen molar-refractivity contribution in [3.63, 3.8) is 0 Å². The van der Waals surface area contributed by atoms with E-state index in [0.717, 1.165) is 0 Å². The number of anilines is 1. The monoisotopic (exact) mass is 278 g/mol. The number of carbonyl (C=O) groups is 1. The van der Waals surface area contributed by atoms with Crippen molar-refractivity contribution in [3.05, 3.63) is 28.0 Å². The van der Waals surface area contributed by atoms with Gasteiger partial charge in [0.25, 0.3) is 0 Å². The highest BCUT2D eigenvalue weighted by Crippen LogP contribution is 2.27. The van der Waals surface area contributed by atoms with Crippen LogP contribution in [0.1, 0.15) is 20.3 Å². The summed E-state index contributed by atoms with van der Waals surface area (Å²) in [5.41, 5.74) is 5.43. The van der Waals surface area contributed by atoms with Gasteiger partial charge in [-0.15, -0.1) is 0 Å². The molecular formula is C11H13Cl2FN2O. The molecule has 0 heterocycles. The maximum Gasteiger partial charge on any atom is 0.226 e. The minimum absolute atomic E-state index is 0.139. The number of hydrogen-bond donors (Lipinski definition) is 2. The zero-order valence-corrected chi connectivity index (χ0v) is 11.0. The Balaban J connectivity index is 2.79. The van der Waals surface area contributed by atoms with Crippen molar-refractivity contribution in [2.24, 2.45) is 5.73 Å². The first-order chi connectivity index (χ1) is 7.69. The van der Waals surface area contributed by atoms with E-state index in [1.807, 2.05) is 0 Å². The lowest BCUT2D eigenvalue weighted by molar-refractivity contribution is -0.117. The van der Waals surface area contributed by atoms with Crippen LogP contribution in [0.5, 0.6) is 0 Å². The lowest BCUT2D eigenvalue weighted by Crippen LogP contribution is -2.36. The molecule has 0 saturated carbocycles. The molecular weight excluding hydrogens is 266 g/mol. The standard InChI is InChI=1S/C11H13Cl2FN2O/c1-11(2,15)5-9(17)16-6-3-7(12)10(14)8(13)4-6/h3-4H,5,15H2,1-2H3,(H,16,17). The van der Waals surface area contributed by atoms with Crippen molar-refractivity contribution in [2.75, 3.05) is 5.32 Å². The molecule has 3 N–H and O–H groups in total. The SMILES string of the molecule is CC(C)(N)CC(=O)Nc1cc(Cl)c(F)c(Cl)c1. The molecule has 6 heteroatoms. The predicted molar refractivity (Wildman–Crippen MR) is 67.9 cm³/mol. The number of benzene rings is 1. The van der Waals surface area contributed by atoms with Crippen LogP contribution in [0.3, 0.4) is 0 Å². The first-order valence-corrected chi connectivity index (χ1v) is 5.68. The van der Waals surface area contributed by atoms with E-state index in [0.29, 0.717) is 5.69 Å². The number of carbonyl (C=O) groups excluding carboxylic acids is 1. The third-order valence-corrected chi connectivity index (χ3v) is 2.43. The summed E-state index contributed by atoms with van der Waals surface area (Å²) in [5, 5.41) is 2.27. The average molecular weight is 279 g/mol. The highest BCUT2D eigenvalue weighted by molar-refractivity contribution is 6.35. The first-order valence-electron chi connectivity index (χ1n) is 4.92. The van der Waals surface area contributed by atoms with Gasteiger partial charge in [-0.25, -0.2) is 4.39 Å². The van der Waals surface area contributed by atoms with Crippen LogP contribution in [0.15, 0.2) is 12.1 Å². The molecule has 0 aliphatic rings. The van der Waals surface area contributed by atoms with Gasteiger partial charge in [-0.1, -0.05) is 23.2 Å². The van der Waals surface area contributed by atoms with Crippen molar-refractivity contribution in [2.45, 2.75) is 25.8 Å². The van der Waals surface area contributed by atoms with E-state index in [1.165, 1.54) is 12.1 Å². The van der Waals surface area contributed by atoms with Crippen LogP contribution in [-0.2, 0) is 4.79 Å². The van der Waals surface area contributed by atoms with Crippen LogP contribution in [0.4, 0.5) is 10.1 Å². The maximum atomic E-state index is 13.1. The van der Waals surface area contributed by atoms with E-state index >= 15 is 0 Å². The molecule has 0 atom stereocenters. The molecule has 0 aromatic heterocycles. The zero-order valence-electron chi connectivity index (χ0n) is 9.48. The van der Waals surface area contributed by atoms with Gasteiger partial charge in [0.05, 0.1) is 10.0 Å². The van der Waals surface area contributed by atoms with Crippen molar-refractivity contribution in [1.29, 1.82) is 0 Å². The number of hydrogen-bond acceptors (Lipinski definition) is 2. The summed E-state index contributed by atoms with van der Waals surface area (Å²) in [6.07, 6.45) is 0.139. The fourth-order valence-electron chi connectivity index (χ4n) is 1.25. The van der Waals surface area contributed by atoms with Gasteiger partial charge in [0.15, 0.2) is 5.82 Å². The molecule has 0 saturated heterocycles. The Morgan fingerprint density at radius 2 is 1.88 bits per heavy atom. The Labute approximate surface area is 109 Å². The first kappa shape index (κ1) is 14.2. The van der Waals surface area contributed by atoms with Crippen molar-refractivity contribution in [3.8, 4) is 0 Å². The summed E-state index contributed by atoms with van der Waals surface area (Å²) < 4.78 is 13.1. The van der Waals surface area contributed by atoms with Gasteiger partial charge in [-0.05, 0) is 26.0 Å². The second-order valence-electron chi connectivity index (χ2n) is 4.47.